The second-order valence-corrected chi connectivity index (χ2v) is 8.23. The number of fused-ring (bicyclic) bond motifs is 2. The van der Waals surface area contributed by atoms with E-state index in [1.165, 1.54) is 33.5 Å². The highest BCUT2D eigenvalue weighted by Gasteiger charge is 2.52. The van der Waals surface area contributed by atoms with Crippen LogP contribution in [0.25, 0.3) is 0 Å². The van der Waals surface area contributed by atoms with Gasteiger partial charge in [0, 0.05) is 17.8 Å². The highest BCUT2D eigenvalue weighted by Crippen LogP contribution is 2.51. The van der Waals surface area contributed by atoms with Crippen molar-refractivity contribution >= 4 is 17.9 Å². The number of carbonyl (C=O) groups is 3. The van der Waals surface area contributed by atoms with E-state index in [1.807, 2.05) is 0 Å². The summed E-state index contributed by atoms with van der Waals surface area (Å²) >= 11 is 0. The Balaban J connectivity index is 1.51. The molecule has 3 aliphatic carbocycles. The van der Waals surface area contributed by atoms with Crippen molar-refractivity contribution in [3.63, 3.8) is 0 Å². The normalized spacial score (nSPS) is 29.2. The van der Waals surface area contributed by atoms with Gasteiger partial charge in [-0.2, -0.15) is 0 Å². The molecular weight excluding hydrogens is 392 g/mol. The van der Waals surface area contributed by atoms with Gasteiger partial charge in [-0.25, -0.2) is 9.59 Å². The predicted octanol–water partition coefficient (Wildman–Crippen LogP) is 3.40. The highest BCUT2D eigenvalue weighted by molar-refractivity contribution is 5.91. The molecule has 162 valence electrons. The maximum absolute atomic E-state index is 12.6. The molecule has 3 fully saturated rings. The molecule has 0 heterocycles. The SMILES string of the molecule is COC(=O)c1cc(OC)c(OC(=O)OC2CC3CC4CCC2C(C4)C3=O)c(OC)c1. The summed E-state index contributed by atoms with van der Waals surface area (Å²) in [5, 5.41) is 0. The second kappa shape index (κ2) is 8.16. The van der Waals surface area contributed by atoms with Gasteiger partial charge in [0.05, 0.1) is 26.9 Å². The van der Waals surface area contributed by atoms with Gasteiger partial charge in [-0.3, -0.25) is 4.79 Å². The lowest BCUT2D eigenvalue weighted by molar-refractivity contribution is -0.149. The van der Waals surface area contributed by atoms with Crippen LogP contribution in [0.4, 0.5) is 4.79 Å². The largest absolute Gasteiger partial charge is 0.514 e. The fourth-order valence-corrected chi connectivity index (χ4v) is 5.34. The van der Waals surface area contributed by atoms with Gasteiger partial charge in [0.15, 0.2) is 11.5 Å². The van der Waals surface area contributed by atoms with Gasteiger partial charge >= 0.3 is 12.1 Å². The maximum Gasteiger partial charge on any atom is 0.514 e. The molecule has 0 spiro atoms. The van der Waals surface area contributed by atoms with Gasteiger partial charge < -0.3 is 23.7 Å². The molecule has 5 atom stereocenters. The van der Waals surface area contributed by atoms with Crippen LogP contribution in [-0.4, -0.2) is 45.3 Å². The molecular formula is C22H26O8. The molecule has 1 aromatic carbocycles. The van der Waals surface area contributed by atoms with Crippen molar-refractivity contribution in [2.75, 3.05) is 21.3 Å². The minimum atomic E-state index is -0.878. The van der Waals surface area contributed by atoms with Gasteiger partial charge in [0.1, 0.15) is 11.9 Å². The summed E-state index contributed by atoms with van der Waals surface area (Å²) in [4.78, 5) is 37.0. The first-order valence-corrected chi connectivity index (χ1v) is 10.2. The van der Waals surface area contributed by atoms with Crippen LogP contribution in [0.15, 0.2) is 12.1 Å². The number of Topliss-reactive ketones (excluding diaryl/α,β-unsaturated/α-hetero) is 1. The Morgan fingerprint density at radius 1 is 0.967 bits per heavy atom. The van der Waals surface area contributed by atoms with E-state index >= 15 is 0 Å². The lowest BCUT2D eigenvalue weighted by Gasteiger charge is -2.49. The van der Waals surface area contributed by atoms with Crippen molar-refractivity contribution in [1.82, 2.24) is 0 Å². The zero-order valence-electron chi connectivity index (χ0n) is 17.3. The molecule has 8 nitrogen and oxygen atoms in total. The summed E-state index contributed by atoms with van der Waals surface area (Å²) in [6.07, 6.45) is 3.12. The molecule has 8 heteroatoms. The standard InChI is InChI=1S/C22H26O8/c1-26-17-9-13(21(24)28-3)10-18(27-2)20(17)30-22(25)29-16-8-12-6-11-4-5-14(16)15(7-11)19(12)23/h9-12,14-16H,4-8H2,1-3H3. The van der Waals surface area contributed by atoms with Crippen LogP contribution in [0.5, 0.6) is 17.2 Å². The van der Waals surface area contributed by atoms with E-state index in [9.17, 15) is 14.4 Å². The zero-order valence-corrected chi connectivity index (χ0v) is 17.3. The number of hydrogen-bond acceptors (Lipinski definition) is 8. The number of ether oxygens (including phenoxy) is 5. The average Bonchev–Trinajstić information content (AvgIpc) is 2.74. The van der Waals surface area contributed by atoms with E-state index in [2.05, 4.69) is 0 Å². The minimum absolute atomic E-state index is 0.00235. The summed E-state index contributed by atoms with van der Waals surface area (Å²) in [5.74, 6) is 0.732. The number of hydrogen-bond donors (Lipinski definition) is 0. The number of ketones is 1. The van der Waals surface area contributed by atoms with Crippen molar-refractivity contribution in [3.05, 3.63) is 17.7 Å². The van der Waals surface area contributed by atoms with Crippen molar-refractivity contribution < 1.29 is 38.1 Å². The van der Waals surface area contributed by atoms with Gasteiger partial charge in [-0.1, -0.05) is 0 Å². The highest BCUT2D eigenvalue weighted by atomic mass is 16.7. The van der Waals surface area contributed by atoms with Crippen molar-refractivity contribution in [2.24, 2.45) is 23.7 Å². The third-order valence-electron chi connectivity index (χ3n) is 6.71. The van der Waals surface area contributed by atoms with Crippen molar-refractivity contribution in [2.45, 2.75) is 38.2 Å². The summed E-state index contributed by atoms with van der Waals surface area (Å²) in [7, 11) is 4.04. The minimum Gasteiger partial charge on any atom is -0.493 e. The van der Waals surface area contributed by atoms with E-state index in [0.717, 1.165) is 25.7 Å². The van der Waals surface area contributed by atoms with E-state index in [0.29, 0.717) is 18.1 Å². The molecule has 0 aromatic heterocycles. The fourth-order valence-electron chi connectivity index (χ4n) is 5.34. The molecule has 0 N–H and O–H groups in total. The van der Waals surface area contributed by atoms with Gasteiger partial charge in [-0.15, -0.1) is 0 Å². The molecule has 1 aromatic rings. The van der Waals surface area contributed by atoms with Crippen molar-refractivity contribution in [3.8, 4) is 17.2 Å². The number of carbonyl (C=O) groups excluding carboxylic acids is 3. The second-order valence-electron chi connectivity index (χ2n) is 8.23. The van der Waals surface area contributed by atoms with Gasteiger partial charge in [0.2, 0.25) is 5.75 Å². The molecule has 3 saturated carbocycles. The molecule has 0 amide bonds. The number of esters is 1. The Bertz CT molecular complexity index is 836. The Morgan fingerprint density at radius 3 is 2.30 bits per heavy atom. The van der Waals surface area contributed by atoms with Gasteiger partial charge in [-0.05, 0) is 50.2 Å². The van der Waals surface area contributed by atoms with E-state index < -0.39 is 12.1 Å². The Kier molecular flexibility index (Phi) is 5.58. The zero-order chi connectivity index (χ0) is 21.4. The van der Waals surface area contributed by atoms with Crippen LogP contribution < -0.4 is 14.2 Å². The summed E-state index contributed by atoms with van der Waals surface area (Å²) in [5.41, 5.74) is 0.197. The van der Waals surface area contributed by atoms with Crippen LogP contribution in [0, 0.1) is 23.7 Å². The first-order chi connectivity index (χ1) is 14.4. The lowest BCUT2D eigenvalue weighted by Crippen LogP contribution is -2.52. The lowest BCUT2D eigenvalue weighted by atomic mass is 9.56. The first kappa shape index (κ1) is 20.5. The summed E-state index contributed by atoms with van der Waals surface area (Å²) < 4.78 is 26.4. The Morgan fingerprint density at radius 2 is 1.67 bits per heavy atom. The Hall–Kier alpha value is -2.77. The summed E-state index contributed by atoms with van der Waals surface area (Å²) in [6.45, 7) is 0. The third kappa shape index (κ3) is 3.59. The van der Waals surface area contributed by atoms with E-state index in [4.69, 9.17) is 23.7 Å². The number of benzene rings is 1. The number of rotatable bonds is 5. The molecule has 3 aliphatic rings. The monoisotopic (exact) mass is 418 g/mol. The fraction of sp³-hybridized carbons (Fsp3) is 0.591. The maximum atomic E-state index is 12.6. The molecule has 4 rings (SSSR count). The van der Waals surface area contributed by atoms with E-state index in [1.54, 1.807) is 0 Å². The predicted molar refractivity (Wildman–Crippen MR) is 104 cm³/mol. The van der Waals surface area contributed by atoms with Gasteiger partial charge in [0.25, 0.3) is 0 Å². The molecule has 5 unspecified atom stereocenters. The molecule has 0 radical (unpaired) electrons. The van der Waals surface area contributed by atoms with Crippen LogP contribution in [-0.2, 0) is 14.3 Å². The molecule has 30 heavy (non-hydrogen) atoms. The number of methoxy groups -OCH3 is 3. The van der Waals surface area contributed by atoms with Crippen LogP contribution >= 0.6 is 0 Å². The Labute approximate surface area is 174 Å². The van der Waals surface area contributed by atoms with E-state index in [-0.39, 0.29) is 46.7 Å². The topological polar surface area (TPSA) is 97.4 Å². The quantitative estimate of drug-likeness (QED) is 0.530. The van der Waals surface area contributed by atoms with Crippen LogP contribution in [0.1, 0.15) is 42.5 Å². The molecule has 0 aliphatic heterocycles. The molecule has 0 saturated heterocycles. The first-order valence-electron chi connectivity index (χ1n) is 10.2. The smallest absolute Gasteiger partial charge is 0.493 e. The molecule has 3 bridgehead atoms. The third-order valence-corrected chi connectivity index (χ3v) is 6.71. The van der Waals surface area contributed by atoms with Crippen molar-refractivity contribution in [1.29, 1.82) is 0 Å². The summed E-state index contributed by atoms with van der Waals surface area (Å²) in [6, 6.07) is 2.81. The van der Waals surface area contributed by atoms with Crippen LogP contribution in [0.2, 0.25) is 0 Å². The average molecular weight is 418 g/mol. The van der Waals surface area contributed by atoms with Crippen LogP contribution in [0.3, 0.4) is 0 Å².